The molecule has 0 radical (unpaired) electrons. The largest absolute Gasteiger partial charge is 0.493 e. The van der Waals surface area contributed by atoms with Crippen LogP contribution in [0, 0.1) is 0 Å². The van der Waals surface area contributed by atoms with Crippen LogP contribution in [0.3, 0.4) is 0 Å². The molecule has 0 unspecified atom stereocenters. The molecule has 2 aromatic rings. The number of amides is 1. The van der Waals surface area contributed by atoms with Crippen molar-refractivity contribution in [3.05, 3.63) is 53.9 Å². The van der Waals surface area contributed by atoms with Gasteiger partial charge < -0.3 is 19.1 Å². The molecule has 0 N–H and O–H groups in total. The number of hydrogen-bond donors (Lipinski definition) is 0. The third kappa shape index (κ3) is 4.32. The fourth-order valence-corrected chi connectivity index (χ4v) is 3.10. The van der Waals surface area contributed by atoms with Crippen molar-refractivity contribution >= 4 is 5.91 Å². The lowest BCUT2D eigenvalue weighted by Gasteiger charge is -2.32. The molecule has 26 heavy (non-hydrogen) atoms. The lowest BCUT2D eigenvalue weighted by Crippen LogP contribution is -2.43. The number of aromatic nitrogens is 1. The van der Waals surface area contributed by atoms with E-state index in [1.54, 1.807) is 38.6 Å². The van der Waals surface area contributed by atoms with Crippen LogP contribution in [-0.4, -0.2) is 49.2 Å². The highest BCUT2D eigenvalue weighted by Crippen LogP contribution is 2.28. The van der Waals surface area contributed by atoms with Crippen LogP contribution in [-0.2, 0) is 11.3 Å². The fraction of sp³-hybridized carbons (Fsp3) is 0.400. The maximum Gasteiger partial charge on any atom is 0.254 e. The summed E-state index contributed by atoms with van der Waals surface area (Å²) in [5.74, 6) is 1.15. The predicted molar refractivity (Wildman–Crippen MR) is 97.5 cm³/mol. The van der Waals surface area contributed by atoms with Crippen molar-refractivity contribution in [3.8, 4) is 11.5 Å². The molecule has 6 nitrogen and oxygen atoms in total. The number of likely N-dealkylation sites (tertiary alicyclic amines) is 1. The van der Waals surface area contributed by atoms with E-state index in [0.29, 0.717) is 30.2 Å². The van der Waals surface area contributed by atoms with E-state index < -0.39 is 0 Å². The van der Waals surface area contributed by atoms with Crippen LogP contribution in [0.2, 0.25) is 0 Å². The van der Waals surface area contributed by atoms with Gasteiger partial charge in [0.1, 0.15) is 0 Å². The van der Waals surface area contributed by atoms with E-state index in [1.165, 1.54) is 0 Å². The third-order valence-electron chi connectivity index (χ3n) is 4.49. The van der Waals surface area contributed by atoms with Crippen LogP contribution in [0.1, 0.15) is 28.9 Å². The van der Waals surface area contributed by atoms with Gasteiger partial charge in [0.05, 0.1) is 32.6 Å². The molecular weight excluding hydrogens is 332 g/mol. The molecular formula is C20H24N2O4. The Hall–Kier alpha value is -2.60. The smallest absolute Gasteiger partial charge is 0.254 e. The Kier molecular flexibility index (Phi) is 6.07. The first kappa shape index (κ1) is 18.2. The first-order valence-electron chi connectivity index (χ1n) is 8.74. The maximum atomic E-state index is 12.8. The number of methoxy groups -OCH3 is 2. The number of rotatable bonds is 6. The van der Waals surface area contributed by atoms with E-state index >= 15 is 0 Å². The van der Waals surface area contributed by atoms with Crippen molar-refractivity contribution in [1.82, 2.24) is 9.88 Å². The SMILES string of the molecule is COc1ccc(C(=O)N2CCC[C@@H](OCc3ccccn3)C2)cc1OC. The van der Waals surface area contributed by atoms with Crippen LogP contribution < -0.4 is 9.47 Å². The summed E-state index contributed by atoms with van der Waals surface area (Å²) in [6.07, 6.45) is 3.65. The van der Waals surface area contributed by atoms with Gasteiger partial charge in [-0.05, 0) is 43.2 Å². The number of piperidine rings is 1. The fourth-order valence-electron chi connectivity index (χ4n) is 3.10. The Morgan fingerprint density at radius 2 is 2.04 bits per heavy atom. The zero-order valence-electron chi connectivity index (χ0n) is 15.2. The predicted octanol–water partition coefficient (Wildman–Crippen LogP) is 2.92. The minimum atomic E-state index is -0.0166. The first-order valence-corrected chi connectivity index (χ1v) is 8.74. The molecule has 2 heterocycles. The van der Waals surface area contributed by atoms with Crippen molar-refractivity contribution < 1.29 is 19.0 Å². The van der Waals surface area contributed by atoms with Gasteiger partial charge in [-0.1, -0.05) is 6.07 Å². The molecule has 6 heteroatoms. The van der Waals surface area contributed by atoms with Gasteiger partial charge in [-0.2, -0.15) is 0 Å². The summed E-state index contributed by atoms with van der Waals surface area (Å²) >= 11 is 0. The van der Waals surface area contributed by atoms with E-state index in [0.717, 1.165) is 25.1 Å². The highest BCUT2D eigenvalue weighted by Gasteiger charge is 2.25. The molecule has 1 aromatic heterocycles. The van der Waals surface area contributed by atoms with Crippen LogP contribution in [0.25, 0.3) is 0 Å². The Labute approximate surface area is 153 Å². The number of carbonyl (C=O) groups is 1. The molecule has 0 bridgehead atoms. The monoisotopic (exact) mass is 356 g/mol. The molecule has 1 aliphatic heterocycles. The van der Waals surface area contributed by atoms with E-state index in [-0.39, 0.29) is 12.0 Å². The zero-order valence-corrected chi connectivity index (χ0v) is 15.2. The molecule has 3 rings (SSSR count). The van der Waals surface area contributed by atoms with E-state index in [1.807, 2.05) is 23.1 Å². The van der Waals surface area contributed by atoms with Gasteiger partial charge in [-0.3, -0.25) is 9.78 Å². The van der Waals surface area contributed by atoms with Crippen molar-refractivity contribution in [1.29, 1.82) is 0 Å². The molecule has 1 atom stereocenters. The van der Waals surface area contributed by atoms with Crippen LogP contribution in [0.4, 0.5) is 0 Å². The summed E-state index contributed by atoms with van der Waals surface area (Å²) in [6.45, 7) is 1.78. The summed E-state index contributed by atoms with van der Waals surface area (Å²) in [7, 11) is 3.14. The summed E-state index contributed by atoms with van der Waals surface area (Å²) in [5, 5.41) is 0. The topological polar surface area (TPSA) is 60.9 Å². The quantitative estimate of drug-likeness (QED) is 0.796. The minimum absolute atomic E-state index is 0.0166. The van der Waals surface area contributed by atoms with Gasteiger partial charge in [0.2, 0.25) is 0 Å². The number of nitrogens with zero attached hydrogens (tertiary/aromatic N) is 2. The third-order valence-corrected chi connectivity index (χ3v) is 4.49. The summed E-state index contributed by atoms with van der Waals surface area (Å²) in [6, 6.07) is 11.0. The summed E-state index contributed by atoms with van der Waals surface area (Å²) < 4.78 is 16.5. The standard InChI is InChI=1S/C20H24N2O4/c1-24-18-9-8-15(12-19(18)25-2)20(23)22-11-5-7-17(13-22)26-14-16-6-3-4-10-21-16/h3-4,6,8-10,12,17H,5,7,11,13-14H2,1-2H3/t17-/m1/s1. The zero-order chi connectivity index (χ0) is 18.4. The van der Waals surface area contributed by atoms with E-state index in [9.17, 15) is 4.79 Å². The second-order valence-corrected chi connectivity index (χ2v) is 6.22. The maximum absolute atomic E-state index is 12.8. The van der Waals surface area contributed by atoms with Crippen molar-refractivity contribution in [2.45, 2.75) is 25.6 Å². The van der Waals surface area contributed by atoms with Crippen LogP contribution in [0.5, 0.6) is 11.5 Å². The molecule has 1 aliphatic rings. The lowest BCUT2D eigenvalue weighted by atomic mass is 10.1. The lowest BCUT2D eigenvalue weighted by molar-refractivity contribution is -0.00786. The number of pyridine rings is 1. The summed E-state index contributed by atoms with van der Waals surface area (Å²) in [4.78, 5) is 19.0. The Morgan fingerprint density at radius 3 is 2.77 bits per heavy atom. The van der Waals surface area contributed by atoms with Crippen molar-refractivity contribution in [2.75, 3.05) is 27.3 Å². The number of hydrogen-bond acceptors (Lipinski definition) is 5. The molecule has 1 fully saturated rings. The minimum Gasteiger partial charge on any atom is -0.493 e. The Bertz CT molecular complexity index is 736. The average molecular weight is 356 g/mol. The average Bonchev–Trinajstić information content (AvgIpc) is 2.72. The van der Waals surface area contributed by atoms with Gasteiger partial charge in [0.25, 0.3) is 5.91 Å². The molecule has 0 aliphatic carbocycles. The van der Waals surface area contributed by atoms with Crippen molar-refractivity contribution in [3.63, 3.8) is 0 Å². The molecule has 0 saturated carbocycles. The molecule has 138 valence electrons. The summed E-state index contributed by atoms with van der Waals surface area (Å²) in [5.41, 5.74) is 1.49. The van der Waals surface area contributed by atoms with Gasteiger partial charge in [-0.25, -0.2) is 0 Å². The Morgan fingerprint density at radius 1 is 1.19 bits per heavy atom. The Balaban J connectivity index is 1.62. The highest BCUT2D eigenvalue weighted by atomic mass is 16.5. The number of benzene rings is 1. The molecule has 0 spiro atoms. The van der Waals surface area contributed by atoms with Crippen molar-refractivity contribution in [2.24, 2.45) is 0 Å². The van der Waals surface area contributed by atoms with Gasteiger partial charge >= 0.3 is 0 Å². The van der Waals surface area contributed by atoms with Gasteiger partial charge in [0, 0.05) is 24.8 Å². The normalized spacial score (nSPS) is 17.0. The second kappa shape index (κ2) is 8.67. The van der Waals surface area contributed by atoms with Gasteiger partial charge in [0.15, 0.2) is 11.5 Å². The number of carbonyl (C=O) groups excluding carboxylic acids is 1. The van der Waals surface area contributed by atoms with Crippen LogP contribution >= 0.6 is 0 Å². The van der Waals surface area contributed by atoms with E-state index in [4.69, 9.17) is 14.2 Å². The van der Waals surface area contributed by atoms with Gasteiger partial charge in [-0.15, -0.1) is 0 Å². The molecule has 1 amide bonds. The van der Waals surface area contributed by atoms with E-state index in [2.05, 4.69) is 4.98 Å². The van der Waals surface area contributed by atoms with Crippen LogP contribution in [0.15, 0.2) is 42.6 Å². The number of ether oxygens (including phenoxy) is 3. The highest BCUT2D eigenvalue weighted by molar-refractivity contribution is 5.95. The second-order valence-electron chi connectivity index (χ2n) is 6.22. The first-order chi connectivity index (χ1) is 12.7. The molecule has 1 saturated heterocycles. The molecule has 1 aromatic carbocycles.